The minimum atomic E-state index is 0.00286. The number of aromatic nitrogens is 3. The summed E-state index contributed by atoms with van der Waals surface area (Å²) in [6.07, 6.45) is 0.00286. The number of nitrogens with one attached hydrogen (secondary N) is 1. The molecule has 0 atom stereocenters. The van der Waals surface area contributed by atoms with Crippen LogP contribution in [0, 0.1) is 0 Å². The number of ether oxygens (including phenoxy) is 1. The van der Waals surface area contributed by atoms with E-state index in [1.54, 1.807) is 0 Å². The van der Waals surface area contributed by atoms with Gasteiger partial charge in [0.15, 0.2) is 0 Å². The van der Waals surface area contributed by atoms with Crippen LogP contribution in [0.5, 0.6) is 6.01 Å². The fourth-order valence-electron chi connectivity index (χ4n) is 1.07. The Bertz CT molecular complexity index is 359. The van der Waals surface area contributed by atoms with Gasteiger partial charge in [-0.25, -0.2) is 0 Å². The van der Waals surface area contributed by atoms with Crippen LogP contribution in [0.3, 0.4) is 0 Å². The van der Waals surface area contributed by atoms with Gasteiger partial charge in [-0.1, -0.05) is 0 Å². The molecule has 0 saturated heterocycles. The van der Waals surface area contributed by atoms with Gasteiger partial charge in [0, 0.05) is 13.1 Å². The van der Waals surface area contributed by atoms with Crippen molar-refractivity contribution in [3.05, 3.63) is 5.28 Å². The Morgan fingerprint density at radius 3 is 2.59 bits per heavy atom. The molecule has 0 unspecified atom stereocenters. The van der Waals surface area contributed by atoms with Crippen LogP contribution < -0.4 is 10.1 Å². The first-order valence-corrected chi connectivity index (χ1v) is 5.82. The molecule has 0 bridgehead atoms. The van der Waals surface area contributed by atoms with Crippen molar-refractivity contribution in [3.8, 4) is 6.01 Å². The van der Waals surface area contributed by atoms with Crippen LogP contribution in [0.15, 0.2) is 0 Å². The maximum atomic E-state index is 5.78. The fraction of sp³-hybridized carbons (Fsp3) is 0.700. The lowest BCUT2D eigenvalue weighted by molar-refractivity contribution is 0.222. The molecule has 0 aliphatic carbocycles. The second-order valence-corrected chi connectivity index (χ2v) is 4.45. The maximum Gasteiger partial charge on any atom is 0.322 e. The lowest BCUT2D eigenvalue weighted by Crippen LogP contribution is -2.22. The zero-order valence-electron chi connectivity index (χ0n) is 10.6. The summed E-state index contributed by atoms with van der Waals surface area (Å²) in [7, 11) is 3.99. The van der Waals surface area contributed by atoms with Crippen molar-refractivity contribution in [2.24, 2.45) is 0 Å². The zero-order valence-corrected chi connectivity index (χ0v) is 11.3. The van der Waals surface area contributed by atoms with E-state index in [9.17, 15) is 0 Å². The van der Waals surface area contributed by atoms with Gasteiger partial charge in [-0.3, -0.25) is 0 Å². The first kappa shape index (κ1) is 13.9. The minimum absolute atomic E-state index is 0.00286. The Balaban J connectivity index is 2.62. The summed E-state index contributed by atoms with van der Waals surface area (Å²) in [4.78, 5) is 14.0. The molecule has 1 aromatic rings. The molecule has 0 radical (unpaired) electrons. The van der Waals surface area contributed by atoms with E-state index in [0.717, 1.165) is 13.1 Å². The van der Waals surface area contributed by atoms with Gasteiger partial charge in [0.25, 0.3) is 0 Å². The Kier molecular flexibility index (Phi) is 5.37. The van der Waals surface area contributed by atoms with Gasteiger partial charge >= 0.3 is 6.01 Å². The lowest BCUT2D eigenvalue weighted by Gasteiger charge is -2.11. The van der Waals surface area contributed by atoms with Gasteiger partial charge in [-0.05, 0) is 39.5 Å². The minimum Gasteiger partial charge on any atom is -0.461 e. The zero-order chi connectivity index (χ0) is 12.8. The summed E-state index contributed by atoms with van der Waals surface area (Å²) in [6, 6.07) is 0.243. The molecule has 0 saturated carbocycles. The predicted molar refractivity (Wildman–Crippen MR) is 67.6 cm³/mol. The van der Waals surface area contributed by atoms with Crippen molar-refractivity contribution >= 4 is 17.5 Å². The van der Waals surface area contributed by atoms with Gasteiger partial charge in [-0.15, -0.1) is 0 Å². The van der Waals surface area contributed by atoms with Crippen LogP contribution in [0.25, 0.3) is 0 Å². The molecular formula is C10H18ClN5O. The van der Waals surface area contributed by atoms with E-state index < -0.39 is 0 Å². The second-order valence-electron chi connectivity index (χ2n) is 4.11. The van der Waals surface area contributed by atoms with Gasteiger partial charge in [-0.2, -0.15) is 15.0 Å². The molecule has 17 heavy (non-hydrogen) atoms. The monoisotopic (exact) mass is 259 g/mol. The van der Waals surface area contributed by atoms with Crippen molar-refractivity contribution in [1.82, 2.24) is 19.9 Å². The van der Waals surface area contributed by atoms with Crippen LogP contribution in [-0.4, -0.2) is 53.1 Å². The van der Waals surface area contributed by atoms with Crippen molar-refractivity contribution in [1.29, 1.82) is 0 Å². The van der Waals surface area contributed by atoms with Crippen molar-refractivity contribution < 1.29 is 4.74 Å². The largest absolute Gasteiger partial charge is 0.461 e. The molecule has 0 aliphatic heterocycles. The summed E-state index contributed by atoms with van der Waals surface area (Å²) >= 11 is 5.78. The highest BCUT2D eigenvalue weighted by Crippen LogP contribution is 2.12. The van der Waals surface area contributed by atoms with Gasteiger partial charge in [0.2, 0.25) is 11.2 Å². The van der Waals surface area contributed by atoms with Gasteiger partial charge < -0.3 is 15.0 Å². The standard InChI is InChI=1S/C10H18ClN5O/c1-7(2)17-10-14-8(11)13-9(15-10)12-5-6-16(3)4/h7H,5-6H2,1-4H3,(H,12,13,14,15). The van der Waals surface area contributed by atoms with Crippen LogP contribution in [0.2, 0.25) is 5.28 Å². The average molecular weight is 260 g/mol. The van der Waals surface area contributed by atoms with Crippen molar-refractivity contribution in [2.45, 2.75) is 20.0 Å². The molecule has 1 aromatic heterocycles. The van der Waals surface area contributed by atoms with Crippen LogP contribution in [-0.2, 0) is 0 Å². The van der Waals surface area contributed by atoms with E-state index in [1.165, 1.54) is 0 Å². The summed E-state index contributed by atoms with van der Waals surface area (Å²) < 4.78 is 5.37. The first-order chi connectivity index (χ1) is 7.97. The second kappa shape index (κ2) is 6.56. The van der Waals surface area contributed by atoms with Gasteiger partial charge in [0.05, 0.1) is 6.10 Å². The Labute approximate surface area is 106 Å². The highest BCUT2D eigenvalue weighted by molar-refractivity contribution is 6.28. The number of rotatable bonds is 6. The SMILES string of the molecule is CC(C)Oc1nc(Cl)nc(NCCN(C)C)n1. The molecule has 0 fully saturated rings. The number of nitrogens with zero attached hydrogens (tertiary/aromatic N) is 4. The quantitative estimate of drug-likeness (QED) is 0.831. The highest BCUT2D eigenvalue weighted by atomic mass is 35.5. The summed E-state index contributed by atoms with van der Waals surface area (Å²) in [6.45, 7) is 5.41. The number of halogens is 1. The molecule has 0 aliphatic rings. The number of hydrogen-bond donors (Lipinski definition) is 1. The molecule has 1 N–H and O–H groups in total. The van der Waals surface area contributed by atoms with Crippen LogP contribution >= 0.6 is 11.6 Å². The van der Waals surface area contributed by atoms with E-state index >= 15 is 0 Å². The van der Waals surface area contributed by atoms with E-state index in [2.05, 4.69) is 25.2 Å². The normalized spacial score (nSPS) is 11.0. The summed E-state index contributed by atoms with van der Waals surface area (Å²) in [5, 5.41) is 3.19. The molecule has 6 nitrogen and oxygen atoms in total. The summed E-state index contributed by atoms with van der Waals surface area (Å²) in [5.74, 6) is 0.433. The van der Waals surface area contributed by atoms with Gasteiger partial charge in [0.1, 0.15) is 0 Å². The van der Waals surface area contributed by atoms with E-state index in [0.29, 0.717) is 5.95 Å². The molecule has 96 valence electrons. The average Bonchev–Trinajstić information content (AvgIpc) is 2.14. The fourth-order valence-corrected chi connectivity index (χ4v) is 1.22. The van der Waals surface area contributed by atoms with E-state index in [1.807, 2.05) is 27.9 Å². The van der Waals surface area contributed by atoms with Crippen LogP contribution in [0.1, 0.15) is 13.8 Å². The molecule has 7 heteroatoms. The molecule has 0 spiro atoms. The number of hydrogen-bond acceptors (Lipinski definition) is 6. The molecular weight excluding hydrogens is 242 g/mol. The number of anilines is 1. The molecule has 0 amide bonds. The molecule has 1 heterocycles. The third kappa shape index (κ3) is 5.65. The highest BCUT2D eigenvalue weighted by Gasteiger charge is 2.07. The van der Waals surface area contributed by atoms with E-state index in [-0.39, 0.29) is 17.4 Å². The van der Waals surface area contributed by atoms with Crippen molar-refractivity contribution in [2.75, 3.05) is 32.5 Å². The maximum absolute atomic E-state index is 5.78. The smallest absolute Gasteiger partial charge is 0.322 e. The topological polar surface area (TPSA) is 63.2 Å². The Morgan fingerprint density at radius 1 is 1.29 bits per heavy atom. The van der Waals surface area contributed by atoms with Crippen LogP contribution in [0.4, 0.5) is 5.95 Å². The number of likely N-dealkylation sites (N-methyl/N-ethyl adjacent to an activating group) is 1. The third-order valence-corrected chi connectivity index (χ3v) is 1.94. The predicted octanol–water partition coefficient (Wildman–Crippen LogP) is 1.29. The van der Waals surface area contributed by atoms with Crippen molar-refractivity contribution in [3.63, 3.8) is 0 Å². The lowest BCUT2D eigenvalue weighted by atomic mass is 10.5. The third-order valence-electron chi connectivity index (χ3n) is 1.77. The Hall–Kier alpha value is -1.14. The Morgan fingerprint density at radius 2 is 2.00 bits per heavy atom. The molecule has 0 aromatic carbocycles. The summed E-state index contributed by atoms with van der Waals surface area (Å²) in [5.41, 5.74) is 0. The first-order valence-electron chi connectivity index (χ1n) is 5.44. The molecule has 1 rings (SSSR count). The van der Waals surface area contributed by atoms with E-state index in [4.69, 9.17) is 16.3 Å².